The molecular weight excluding hydrogens is 346 g/mol. The molecule has 1 fully saturated rings. The molecule has 0 spiro atoms. The molecule has 2 aromatic rings. The number of rotatable bonds is 6. The Balaban J connectivity index is 1.68. The van der Waals surface area contributed by atoms with Gasteiger partial charge in [0.25, 0.3) is 0 Å². The number of aromatic carboxylic acids is 1. The molecule has 1 saturated heterocycles. The van der Waals surface area contributed by atoms with Crippen LogP contribution in [0.25, 0.3) is 0 Å². The summed E-state index contributed by atoms with van der Waals surface area (Å²) in [6.45, 7) is 4.30. The second-order valence-corrected chi connectivity index (χ2v) is 6.81. The number of nitrogens with one attached hydrogen (secondary N) is 1. The SMILES string of the molecule is COc1nc(NC[C@H]2CCC[C@@H](c3ccc(C)cc3)O2)c(C)c(C(=O)O)n1. The molecule has 2 heterocycles. The summed E-state index contributed by atoms with van der Waals surface area (Å²) >= 11 is 0. The number of carboxylic acid groups (broad SMARTS) is 1. The Labute approximate surface area is 158 Å². The van der Waals surface area contributed by atoms with Gasteiger partial charge in [0.1, 0.15) is 5.82 Å². The number of methoxy groups -OCH3 is 1. The summed E-state index contributed by atoms with van der Waals surface area (Å²) in [4.78, 5) is 19.5. The van der Waals surface area contributed by atoms with E-state index in [-0.39, 0.29) is 23.9 Å². The van der Waals surface area contributed by atoms with Crippen molar-refractivity contribution in [3.8, 4) is 6.01 Å². The lowest BCUT2D eigenvalue weighted by Crippen LogP contribution is -2.29. The molecule has 0 unspecified atom stereocenters. The van der Waals surface area contributed by atoms with E-state index >= 15 is 0 Å². The van der Waals surface area contributed by atoms with Gasteiger partial charge < -0.3 is 19.9 Å². The molecule has 0 bridgehead atoms. The number of hydrogen-bond acceptors (Lipinski definition) is 6. The van der Waals surface area contributed by atoms with Crippen molar-refractivity contribution in [1.29, 1.82) is 0 Å². The van der Waals surface area contributed by atoms with Gasteiger partial charge in [0, 0.05) is 12.1 Å². The van der Waals surface area contributed by atoms with Gasteiger partial charge in [-0.05, 0) is 38.7 Å². The first-order valence-corrected chi connectivity index (χ1v) is 9.09. The van der Waals surface area contributed by atoms with Crippen LogP contribution in [0.2, 0.25) is 0 Å². The molecule has 1 aliphatic heterocycles. The fourth-order valence-corrected chi connectivity index (χ4v) is 3.25. The average Bonchev–Trinajstić information content (AvgIpc) is 2.67. The van der Waals surface area contributed by atoms with Gasteiger partial charge in [0.2, 0.25) is 0 Å². The number of hydrogen-bond donors (Lipinski definition) is 2. The zero-order valence-electron chi connectivity index (χ0n) is 15.9. The van der Waals surface area contributed by atoms with Gasteiger partial charge in [-0.25, -0.2) is 4.79 Å². The molecule has 2 atom stereocenters. The Morgan fingerprint density at radius 2 is 2.00 bits per heavy atom. The predicted molar refractivity (Wildman–Crippen MR) is 101 cm³/mol. The minimum atomic E-state index is -1.11. The number of aromatic nitrogens is 2. The maximum atomic E-state index is 11.4. The first-order chi connectivity index (χ1) is 13.0. The molecule has 1 aromatic carbocycles. The minimum absolute atomic E-state index is 0.0266. The first-order valence-electron chi connectivity index (χ1n) is 9.09. The summed E-state index contributed by atoms with van der Waals surface area (Å²) in [7, 11) is 1.41. The van der Waals surface area contributed by atoms with Crippen LogP contribution in [0, 0.1) is 13.8 Å². The van der Waals surface area contributed by atoms with E-state index in [0.29, 0.717) is 17.9 Å². The summed E-state index contributed by atoms with van der Waals surface area (Å²) in [5.41, 5.74) is 2.84. The summed E-state index contributed by atoms with van der Waals surface area (Å²) in [5, 5.41) is 12.5. The van der Waals surface area contributed by atoms with E-state index in [0.717, 1.165) is 19.3 Å². The highest BCUT2D eigenvalue weighted by molar-refractivity contribution is 5.88. The molecule has 0 aliphatic carbocycles. The van der Waals surface area contributed by atoms with Gasteiger partial charge in [-0.2, -0.15) is 9.97 Å². The Bertz CT molecular complexity index is 808. The molecule has 1 aromatic heterocycles. The van der Waals surface area contributed by atoms with E-state index in [1.54, 1.807) is 6.92 Å². The van der Waals surface area contributed by atoms with E-state index in [1.165, 1.54) is 18.2 Å². The van der Waals surface area contributed by atoms with Crippen molar-refractivity contribution in [1.82, 2.24) is 9.97 Å². The molecule has 0 amide bonds. The van der Waals surface area contributed by atoms with Crippen LogP contribution in [0.1, 0.15) is 52.5 Å². The third-order valence-electron chi connectivity index (χ3n) is 4.81. The van der Waals surface area contributed by atoms with E-state index in [2.05, 4.69) is 46.5 Å². The molecule has 1 aliphatic rings. The lowest BCUT2D eigenvalue weighted by atomic mass is 9.97. The van der Waals surface area contributed by atoms with Gasteiger partial charge in [-0.15, -0.1) is 0 Å². The number of nitrogens with zero attached hydrogens (tertiary/aromatic N) is 2. The highest BCUT2D eigenvalue weighted by Gasteiger charge is 2.24. The predicted octanol–water partition coefficient (Wildman–Crippen LogP) is 3.52. The largest absolute Gasteiger partial charge is 0.476 e. The van der Waals surface area contributed by atoms with Gasteiger partial charge in [-0.3, -0.25) is 0 Å². The van der Waals surface area contributed by atoms with Gasteiger partial charge in [0.15, 0.2) is 5.69 Å². The van der Waals surface area contributed by atoms with Crippen LogP contribution in [0.15, 0.2) is 24.3 Å². The van der Waals surface area contributed by atoms with Crippen molar-refractivity contribution in [3.63, 3.8) is 0 Å². The molecule has 144 valence electrons. The van der Waals surface area contributed by atoms with Crippen molar-refractivity contribution in [2.75, 3.05) is 19.0 Å². The topological polar surface area (TPSA) is 93.6 Å². The number of benzene rings is 1. The maximum Gasteiger partial charge on any atom is 0.355 e. The molecule has 2 N–H and O–H groups in total. The normalized spacial score (nSPS) is 19.5. The van der Waals surface area contributed by atoms with Gasteiger partial charge in [0.05, 0.1) is 19.3 Å². The lowest BCUT2D eigenvalue weighted by molar-refractivity contribution is -0.0442. The number of ether oxygens (including phenoxy) is 2. The molecule has 3 rings (SSSR count). The van der Waals surface area contributed by atoms with Crippen LogP contribution in [0.3, 0.4) is 0 Å². The molecular formula is C20H25N3O4. The smallest absolute Gasteiger partial charge is 0.355 e. The van der Waals surface area contributed by atoms with Crippen molar-refractivity contribution >= 4 is 11.8 Å². The van der Waals surface area contributed by atoms with Crippen molar-refractivity contribution in [2.45, 2.75) is 45.3 Å². The summed E-state index contributed by atoms with van der Waals surface area (Å²) < 4.78 is 11.3. The Morgan fingerprint density at radius 1 is 1.26 bits per heavy atom. The van der Waals surface area contributed by atoms with E-state index in [4.69, 9.17) is 9.47 Å². The standard InChI is InChI=1S/C20H25N3O4/c1-12-7-9-14(10-8-12)16-6-4-5-15(27-16)11-21-18-13(2)17(19(24)25)22-20(23-18)26-3/h7-10,15-16H,4-6,11H2,1-3H3,(H,24,25)(H,21,22,23)/t15-,16+/m1/s1. The summed E-state index contributed by atoms with van der Waals surface area (Å²) in [6.07, 6.45) is 3.14. The number of carboxylic acids is 1. The van der Waals surface area contributed by atoms with Gasteiger partial charge >= 0.3 is 12.0 Å². The van der Waals surface area contributed by atoms with E-state index in [1.807, 2.05) is 0 Å². The quantitative estimate of drug-likeness (QED) is 0.802. The first kappa shape index (κ1) is 19.1. The highest BCUT2D eigenvalue weighted by Crippen LogP contribution is 2.31. The summed E-state index contributed by atoms with van der Waals surface area (Å²) in [6, 6.07) is 8.47. The summed E-state index contributed by atoms with van der Waals surface area (Å²) in [5.74, 6) is -0.648. The third-order valence-corrected chi connectivity index (χ3v) is 4.81. The molecule has 0 radical (unpaired) electrons. The lowest BCUT2D eigenvalue weighted by Gasteiger charge is -2.31. The van der Waals surface area contributed by atoms with E-state index in [9.17, 15) is 9.90 Å². The second kappa shape index (κ2) is 8.35. The average molecular weight is 371 g/mol. The fraction of sp³-hybridized carbons (Fsp3) is 0.450. The number of anilines is 1. The van der Waals surface area contributed by atoms with Crippen molar-refractivity contribution < 1.29 is 19.4 Å². The molecule has 27 heavy (non-hydrogen) atoms. The van der Waals surface area contributed by atoms with Crippen LogP contribution >= 0.6 is 0 Å². The molecule has 0 saturated carbocycles. The highest BCUT2D eigenvalue weighted by atomic mass is 16.5. The zero-order chi connectivity index (χ0) is 19.4. The van der Waals surface area contributed by atoms with Crippen LogP contribution in [0.4, 0.5) is 5.82 Å². The molecule has 7 heteroatoms. The van der Waals surface area contributed by atoms with E-state index < -0.39 is 5.97 Å². The fourth-order valence-electron chi connectivity index (χ4n) is 3.25. The zero-order valence-corrected chi connectivity index (χ0v) is 15.9. The Hall–Kier alpha value is -2.67. The Morgan fingerprint density at radius 3 is 2.67 bits per heavy atom. The number of aryl methyl sites for hydroxylation is 1. The molecule has 7 nitrogen and oxygen atoms in total. The Kier molecular flexibility index (Phi) is 5.91. The monoisotopic (exact) mass is 371 g/mol. The van der Waals surface area contributed by atoms with Gasteiger partial charge in [-0.1, -0.05) is 29.8 Å². The minimum Gasteiger partial charge on any atom is -0.476 e. The van der Waals surface area contributed by atoms with Crippen LogP contribution < -0.4 is 10.1 Å². The third kappa shape index (κ3) is 4.54. The van der Waals surface area contributed by atoms with Crippen molar-refractivity contribution in [3.05, 3.63) is 46.6 Å². The van der Waals surface area contributed by atoms with Crippen molar-refractivity contribution in [2.24, 2.45) is 0 Å². The second-order valence-electron chi connectivity index (χ2n) is 6.81. The maximum absolute atomic E-state index is 11.4. The van der Waals surface area contributed by atoms with Crippen LogP contribution in [-0.2, 0) is 4.74 Å². The van der Waals surface area contributed by atoms with Crippen LogP contribution in [-0.4, -0.2) is 40.8 Å². The van der Waals surface area contributed by atoms with Crippen LogP contribution in [0.5, 0.6) is 6.01 Å². The number of carbonyl (C=O) groups is 1.